The van der Waals surface area contributed by atoms with Gasteiger partial charge in [0, 0.05) is 18.3 Å². The first kappa shape index (κ1) is 23.4. The van der Waals surface area contributed by atoms with Crippen LogP contribution in [0.5, 0.6) is 0 Å². The van der Waals surface area contributed by atoms with Gasteiger partial charge in [-0.15, -0.1) is 0 Å². The fraction of sp³-hybridized carbons (Fsp3) is 0.458. The molecule has 31 heavy (non-hydrogen) atoms. The lowest BCUT2D eigenvalue weighted by Crippen LogP contribution is -2.49. The predicted octanol–water partition coefficient (Wildman–Crippen LogP) is 4.61. The molecule has 2 aliphatic rings. The van der Waals surface area contributed by atoms with Crippen LogP contribution in [0.15, 0.2) is 63.3 Å². The molecule has 2 unspecified atom stereocenters. The standard InChI is InChI=1S/C24H30O6S/c1-15-7-11-20(12-8-15)31(26,27)30-22-13-21-17(3)10-9-16(2)18(4)14-29-24(28-6,19(22)5)23(21)25/h7-8,11-13,17H,9-10,14H2,1-6H3/b18-16-. The highest BCUT2D eigenvalue weighted by Gasteiger charge is 2.49. The third-order valence-corrected chi connectivity index (χ3v) is 7.46. The lowest BCUT2D eigenvalue weighted by molar-refractivity contribution is -0.195. The van der Waals surface area contributed by atoms with Gasteiger partial charge in [0.25, 0.3) is 5.79 Å². The van der Waals surface area contributed by atoms with Gasteiger partial charge >= 0.3 is 10.1 Å². The predicted molar refractivity (Wildman–Crippen MR) is 118 cm³/mol. The molecule has 7 heteroatoms. The van der Waals surface area contributed by atoms with Gasteiger partial charge < -0.3 is 13.7 Å². The van der Waals surface area contributed by atoms with Gasteiger partial charge in [-0.25, -0.2) is 0 Å². The van der Waals surface area contributed by atoms with E-state index in [2.05, 4.69) is 6.92 Å². The first-order valence-electron chi connectivity index (χ1n) is 10.3. The number of carbonyl (C=O) groups excluding carboxylic acids is 1. The molecule has 3 rings (SSSR count). The highest BCUT2D eigenvalue weighted by atomic mass is 32.2. The Kier molecular flexibility index (Phi) is 6.60. The number of hydrogen-bond acceptors (Lipinski definition) is 6. The van der Waals surface area contributed by atoms with E-state index >= 15 is 0 Å². The van der Waals surface area contributed by atoms with Gasteiger partial charge in [0.05, 0.1) is 6.61 Å². The minimum absolute atomic E-state index is 0.0396. The fourth-order valence-corrected chi connectivity index (χ4v) is 4.75. The summed E-state index contributed by atoms with van der Waals surface area (Å²) < 4.78 is 43.1. The number of ether oxygens (including phenoxy) is 2. The van der Waals surface area contributed by atoms with Gasteiger partial charge in [0.2, 0.25) is 5.78 Å². The molecular weight excluding hydrogens is 416 g/mol. The fourth-order valence-electron chi connectivity index (χ4n) is 3.77. The SMILES string of the molecule is COC12OC/C(C)=C(/C)CCC(C)C(=CC(OS(=O)(=O)c3ccc(C)cc3)=C1C)C2=O. The molecule has 0 saturated heterocycles. The normalized spacial score (nSPS) is 27.7. The van der Waals surface area contributed by atoms with Gasteiger partial charge in [0.15, 0.2) is 0 Å². The second kappa shape index (κ2) is 8.73. The quantitative estimate of drug-likeness (QED) is 0.496. The summed E-state index contributed by atoms with van der Waals surface area (Å²) >= 11 is 0. The van der Waals surface area contributed by atoms with Crippen molar-refractivity contribution in [2.24, 2.45) is 5.92 Å². The smallest absolute Gasteiger partial charge is 0.339 e. The van der Waals surface area contributed by atoms with Crippen molar-refractivity contribution in [3.05, 3.63) is 64.0 Å². The Bertz CT molecular complexity index is 1080. The molecule has 0 N–H and O–H groups in total. The Hall–Kier alpha value is -2.22. The second-order valence-corrected chi connectivity index (χ2v) is 9.92. The second-order valence-electron chi connectivity index (χ2n) is 8.38. The molecular formula is C24H30O6S. The average Bonchev–Trinajstić information content (AvgIpc) is 2.73. The van der Waals surface area contributed by atoms with E-state index in [0.29, 0.717) is 5.57 Å². The van der Waals surface area contributed by atoms with Gasteiger partial charge in [-0.05, 0) is 70.2 Å². The summed E-state index contributed by atoms with van der Waals surface area (Å²) in [6, 6.07) is 6.41. The molecule has 1 aliphatic heterocycles. The molecule has 1 aliphatic carbocycles. The van der Waals surface area contributed by atoms with E-state index in [1.807, 2.05) is 20.8 Å². The molecule has 0 radical (unpaired) electrons. The van der Waals surface area contributed by atoms with Crippen molar-refractivity contribution < 1.29 is 26.9 Å². The molecule has 6 nitrogen and oxygen atoms in total. The highest BCUT2D eigenvalue weighted by molar-refractivity contribution is 7.86. The zero-order valence-electron chi connectivity index (χ0n) is 18.9. The maximum Gasteiger partial charge on any atom is 0.339 e. The monoisotopic (exact) mass is 446 g/mol. The maximum atomic E-state index is 13.5. The van der Waals surface area contributed by atoms with E-state index in [4.69, 9.17) is 13.7 Å². The first-order valence-corrected chi connectivity index (χ1v) is 11.8. The van der Waals surface area contributed by atoms with Crippen molar-refractivity contribution in [2.45, 2.75) is 58.1 Å². The Morgan fingerprint density at radius 2 is 1.71 bits per heavy atom. The maximum absolute atomic E-state index is 13.5. The summed E-state index contributed by atoms with van der Waals surface area (Å²) in [6.07, 6.45) is 3.10. The summed E-state index contributed by atoms with van der Waals surface area (Å²) in [6.45, 7) is 9.65. The molecule has 1 aromatic carbocycles. The Balaban J connectivity index is 2.12. The third kappa shape index (κ3) is 4.40. The van der Waals surface area contributed by atoms with E-state index in [0.717, 1.165) is 24.0 Å². The molecule has 0 saturated carbocycles. The topological polar surface area (TPSA) is 78.9 Å². The van der Waals surface area contributed by atoms with Crippen molar-refractivity contribution in [3.8, 4) is 0 Å². The molecule has 0 amide bonds. The molecule has 1 heterocycles. The van der Waals surface area contributed by atoms with Crippen molar-refractivity contribution in [3.63, 3.8) is 0 Å². The van der Waals surface area contributed by atoms with Crippen LogP contribution >= 0.6 is 0 Å². The first-order chi connectivity index (χ1) is 14.5. The van der Waals surface area contributed by atoms with Crippen LogP contribution in [-0.4, -0.2) is 33.7 Å². The van der Waals surface area contributed by atoms with Crippen LogP contribution in [0.1, 0.15) is 46.1 Å². The minimum Gasteiger partial charge on any atom is -0.379 e. The van der Waals surface area contributed by atoms with Crippen LogP contribution in [0.25, 0.3) is 0 Å². The van der Waals surface area contributed by atoms with Gasteiger partial charge in [-0.2, -0.15) is 8.42 Å². The number of ketones is 1. The molecule has 0 spiro atoms. The van der Waals surface area contributed by atoms with Crippen molar-refractivity contribution in [1.82, 2.24) is 0 Å². The van der Waals surface area contributed by atoms with E-state index in [1.54, 1.807) is 19.1 Å². The van der Waals surface area contributed by atoms with Crippen LogP contribution in [0.3, 0.4) is 0 Å². The number of fused-ring (bicyclic) bond motifs is 2. The lowest BCUT2D eigenvalue weighted by atomic mass is 9.81. The average molecular weight is 447 g/mol. The number of carbonyl (C=O) groups is 1. The van der Waals surface area contributed by atoms with Crippen molar-refractivity contribution >= 4 is 15.9 Å². The van der Waals surface area contributed by atoms with Gasteiger partial charge in [-0.3, -0.25) is 4.79 Å². The molecule has 2 bridgehead atoms. The van der Waals surface area contributed by atoms with E-state index in [-0.39, 0.29) is 34.5 Å². The van der Waals surface area contributed by atoms with Crippen LogP contribution in [-0.2, 0) is 28.6 Å². The number of rotatable bonds is 4. The van der Waals surface area contributed by atoms with Crippen LogP contribution < -0.4 is 0 Å². The molecule has 1 aromatic rings. The summed E-state index contributed by atoms with van der Waals surface area (Å²) in [5, 5.41) is 0. The number of Topliss-reactive ketones (excluding diaryl/α,β-unsaturated/α-hetero) is 1. The lowest BCUT2D eigenvalue weighted by Gasteiger charge is -2.38. The molecule has 0 fully saturated rings. The highest BCUT2D eigenvalue weighted by Crippen LogP contribution is 2.40. The number of aryl methyl sites for hydroxylation is 1. The number of benzene rings is 1. The number of allylic oxidation sites excluding steroid dienone is 2. The summed E-state index contributed by atoms with van der Waals surface area (Å²) in [4.78, 5) is 13.5. The van der Waals surface area contributed by atoms with Gasteiger partial charge in [-0.1, -0.05) is 30.2 Å². The van der Waals surface area contributed by atoms with E-state index in [1.165, 1.54) is 30.9 Å². The van der Waals surface area contributed by atoms with Crippen LogP contribution in [0.4, 0.5) is 0 Å². The van der Waals surface area contributed by atoms with Crippen molar-refractivity contribution in [1.29, 1.82) is 0 Å². The van der Waals surface area contributed by atoms with Crippen LogP contribution in [0.2, 0.25) is 0 Å². The Morgan fingerprint density at radius 3 is 2.32 bits per heavy atom. The largest absolute Gasteiger partial charge is 0.379 e. The zero-order valence-corrected chi connectivity index (χ0v) is 19.8. The molecule has 2 atom stereocenters. The number of methoxy groups -OCH3 is 1. The summed E-state index contributed by atoms with van der Waals surface area (Å²) in [5.74, 6) is -2.11. The summed E-state index contributed by atoms with van der Waals surface area (Å²) in [5.41, 5.74) is 3.89. The number of hydrogen-bond donors (Lipinski definition) is 0. The van der Waals surface area contributed by atoms with E-state index in [9.17, 15) is 13.2 Å². The van der Waals surface area contributed by atoms with Crippen LogP contribution in [0, 0.1) is 12.8 Å². The molecule has 0 aromatic heterocycles. The summed E-state index contributed by atoms with van der Waals surface area (Å²) in [7, 11) is -2.71. The van der Waals surface area contributed by atoms with E-state index < -0.39 is 15.9 Å². The third-order valence-electron chi connectivity index (χ3n) is 6.21. The van der Waals surface area contributed by atoms with Gasteiger partial charge in [0.1, 0.15) is 10.7 Å². The minimum atomic E-state index is -4.10. The van der Waals surface area contributed by atoms with Crippen molar-refractivity contribution in [2.75, 3.05) is 13.7 Å². The zero-order chi connectivity index (χ0) is 23.0. The molecule has 168 valence electrons. The Labute approximate surface area is 184 Å². The Morgan fingerprint density at radius 1 is 1.06 bits per heavy atom.